The van der Waals surface area contributed by atoms with Crippen LogP contribution < -0.4 is 0 Å². The van der Waals surface area contributed by atoms with E-state index in [-0.39, 0.29) is 0 Å². The molecule has 0 aliphatic rings. The molecule has 16 heavy (non-hydrogen) atoms. The number of rotatable bonds is 2. The molecule has 1 aromatic carbocycles. The molecule has 0 radical (unpaired) electrons. The van der Waals surface area contributed by atoms with Gasteiger partial charge in [0.2, 0.25) is 0 Å². The van der Waals surface area contributed by atoms with E-state index in [1.54, 1.807) is 0 Å². The van der Waals surface area contributed by atoms with E-state index >= 15 is 0 Å². The van der Waals surface area contributed by atoms with Gasteiger partial charge in [0.15, 0.2) is 0 Å². The highest BCUT2D eigenvalue weighted by molar-refractivity contribution is 5.69. The molecule has 0 N–H and O–H groups in total. The minimum absolute atomic E-state index is 0.814. The first-order valence-electron chi connectivity index (χ1n) is 5.29. The van der Waals surface area contributed by atoms with Crippen molar-refractivity contribution in [1.29, 1.82) is 0 Å². The molecular weight excluding hydrogens is 196 g/mol. The number of hydrogen-bond acceptors (Lipinski definition) is 2. The Morgan fingerprint density at radius 2 is 1.75 bits per heavy atom. The molecule has 0 aliphatic heterocycles. The largest absolute Gasteiger partial charge is 0.241 e. The fourth-order valence-electron chi connectivity index (χ4n) is 1.51. The van der Waals surface area contributed by atoms with Gasteiger partial charge in [-0.15, -0.1) is 0 Å². The summed E-state index contributed by atoms with van der Waals surface area (Å²) in [6.45, 7) is 3.90. The van der Waals surface area contributed by atoms with Gasteiger partial charge >= 0.3 is 0 Å². The Hall–Kier alpha value is -1.96. The van der Waals surface area contributed by atoms with Crippen LogP contribution in [-0.2, 0) is 0 Å². The average molecular weight is 210 g/mol. The lowest BCUT2D eigenvalue weighted by Crippen LogP contribution is -1.92. The molecule has 1 aromatic heterocycles. The Bertz CT molecular complexity index is 501. The second-order valence-corrected chi connectivity index (χ2v) is 3.70. The summed E-state index contributed by atoms with van der Waals surface area (Å²) in [5, 5.41) is 0. The van der Waals surface area contributed by atoms with Gasteiger partial charge in [-0.05, 0) is 19.4 Å². The van der Waals surface area contributed by atoms with Crippen molar-refractivity contribution in [1.82, 2.24) is 9.97 Å². The van der Waals surface area contributed by atoms with Gasteiger partial charge in [-0.25, -0.2) is 9.97 Å². The molecule has 1 heterocycles. The first-order chi connectivity index (χ1) is 7.75. The zero-order valence-corrected chi connectivity index (χ0v) is 9.51. The third-order valence-electron chi connectivity index (χ3n) is 2.39. The Balaban J connectivity index is 2.24. The molecule has 0 aliphatic carbocycles. The first kappa shape index (κ1) is 10.6. The van der Waals surface area contributed by atoms with Gasteiger partial charge in [-0.3, -0.25) is 0 Å². The maximum atomic E-state index is 4.32. The van der Waals surface area contributed by atoms with E-state index in [9.17, 15) is 0 Å². The maximum Gasteiger partial charge on any atom is 0.125 e. The van der Waals surface area contributed by atoms with Crippen LogP contribution >= 0.6 is 0 Å². The van der Waals surface area contributed by atoms with Crippen molar-refractivity contribution in [2.24, 2.45) is 0 Å². The smallest absolute Gasteiger partial charge is 0.125 e. The van der Waals surface area contributed by atoms with Crippen molar-refractivity contribution in [3.05, 3.63) is 59.2 Å². The van der Waals surface area contributed by atoms with Crippen LogP contribution in [0.2, 0.25) is 0 Å². The molecule has 0 amide bonds. The molecule has 0 unspecified atom stereocenters. The summed E-state index contributed by atoms with van der Waals surface area (Å²) in [5.41, 5.74) is 3.26. The van der Waals surface area contributed by atoms with Crippen LogP contribution in [0.1, 0.15) is 22.6 Å². The molecule has 2 nitrogen and oxygen atoms in total. The van der Waals surface area contributed by atoms with Gasteiger partial charge in [-0.1, -0.05) is 42.5 Å². The molecule has 2 aromatic rings. The van der Waals surface area contributed by atoms with E-state index in [0.717, 1.165) is 17.1 Å². The molecule has 0 bridgehead atoms. The van der Waals surface area contributed by atoms with Gasteiger partial charge in [0, 0.05) is 17.5 Å². The number of nitrogens with zero attached hydrogens (tertiary/aromatic N) is 2. The Morgan fingerprint density at radius 1 is 1.00 bits per heavy atom. The zero-order valence-electron chi connectivity index (χ0n) is 9.51. The molecule has 0 spiro atoms. The summed E-state index contributed by atoms with van der Waals surface area (Å²) in [4.78, 5) is 8.51. The second-order valence-electron chi connectivity index (χ2n) is 3.70. The third-order valence-corrected chi connectivity index (χ3v) is 2.39. The van der Waals surface area contributed by atoms with Crippen molar-refractivity contribution < 1.29 is 0 Å². The average Bonchev–Trinajstić information content (AvgIpc) is 2.29. The number of aromatic nitrogens is 2. The summed E-state index contributed by atoms with van der Waals surface area (Å²) < 4.78 is 0. The maximum absolute atomic E-state index is 4.32. The Kier molecular flexibility index (Phi) is 3.10. The minimum atomic E-state index is 0.814. The number of hydrogen-bond donors (Lipinski definition) is 0. The normalized spacial score (nSPS) is 10.9. The van der Waals surface area contributed by atoms with Crippen LogP contribution in [0.3, 0.4) is 0 Å². The van der Waals surface area contributed by atoms with Crippen LogP contribution in [0, 0.1) is 13.8 Å². The second kappa shape index (κ2) is 4.71. The SMILES string of the molecule is Cc1ncc(/C=C/c2ccccc2)c(C)n1. The lowest BCUT2D eigenvalue weighted by Gasteiger charge is -1.99. The molecule has 2 rings (SSSR count). The Labute approximate surface area is 95.7 Å². The van der Waals surface area contributed by atoms with E-state index in [1.165, 1.54) is 5.56 Å². The van der Waals surface area contributed by atoms with Crippen LogP contribution in [0.25, 0.3) is 12.2 Å². The van der Waals surface area contributed by atoms with E-state index < -0.39 is 0 Å². The van der Waals surface area contributed by atoms with Gasteiger partial charge in [0.05, 0.1) is 0 Å². The molecule has 0 atom stereocenters. The predicted molar refractivity (Wildman–Crippen MR) is 66.9 cm³/mol. The first-order valence-corrected chi connectivity index (χ1v) is 5.29. The van der Waals surface area contributed by atoms with Crippen molar-refractivity contribution in [2.75, 3.05) is 0 Å². The fourth-order valence-corrected chi connectivity index (χ4v) is 1.51. The van der Waals surface area contributed by atoms with E-state index in [4.69, 9.17) is 0 Å². The molecule has 0 fully saturated rings. The van der Waals surface area contributed by atoms with Gasteiger partial charge in [0.25, 0.3) is 0 Å². The number of benzene rings is 1. The third kappa shape index (κ3) is 2.54. The monoisotopic (exact) mass is 210 g/mol. The highest BCUT2D eigenvalue weighted by Crippen LogP contribution is 2.09. The Morgan fingerprint density at radius 3 is 2.44 bits per heavy atom. The van der Waals surface area contributed by atoms with E-state index in [0.29, 0.717) is 0 Å². The van der Waals surface area contributed by atoms with Crippen LogP contribution in [0.15, 0.2) is 36.5 Å². The summed E-state index contributed by atoms with van der Waals surface area (Å²) in [6, 6.07) is 10.2. The van der Waals surface area contributed by atoms with Crippen LogP contribution in [0.4, 0.5) is 0 Å². The fraction of sp³-hybridized carbons (Fsp3) is 0.143. The quantitative estimate of drug-likeness (QED) is 0.760. The van der Waals surface area contributed by atoms with Crippen molar-refractivity contribution in [2.45, 2.75) is 13.8 Å². The van der Waals surface area contributed by atoms with Gasteiger partial charge in [-0.2, -0.15) is 0 Å². The summed E-state index contributed by atoms with van der Waals surface area (Å²) in [5.74, 6) is 0.814. The number of aryl methyl sites for hydroxylation is 2. The molecule has 0 saturated carbocycles. The predicted octanol–water partition coefficient (Wildman–Crippen LogP) is 3.26. The van der Waals surface area contributed by atoms with Crippen molar-refractivity contribution >= 4 is 12.2 Å². The zero-order chi connectivity index (χ0) is 11.4. The van der Waals surface area contributed by atoms with Crippen LogP contribution in [0.5, 0.6) is 0 Å². The van der Waals surface area contributed by atoms with E-state index in [2.05, 4.69) is 28.2 Å². The highest BCUT2D eigenvalue weighted by atomic mass is 14.9. The molecule has 2 heteroatoms. The van der Waals surface area contributed by atoms with E-state index in [1.807, 2.05) is 44.3 Å². The molecular formula is C14H14N2. The lowest BCUT2D eigenvalue weighted by atomic mass is 10.1. The summed E-state index contributed by atoms with van der Waals surface area (Å²) in [6.07, 6.45) is 5.97. The molecule has 80 valence electrons. The van der Waals surface area contributed by atoms with Crippen molar-refractivity contribution in [3.63, 3.8) is 0 Å². The standard InChI is InChI=1S/C14H14N2/c1-11-14(10-15-12(2)16-11)9-8-13-6-4-3-5-7-13/h3-10H,1-2H3/b9-8+. The topological polar surface area (TPSA) is 25.8 Å². The van der Waals surface area contributed by atoms with Gasteiger partial charge < -0.3 is 0 Å². The van der Waals surface area contributed by atoms with Gasteiger partial charge in [0.1, 0.15) is 5.82 Å². The molecule has 0 saturated heterocycles. The lowest BCUT2D eigenvalue weighted by molar-refractivity contribution is 1.00. The summed E-state index contributed by atoms with van der Waals surface area (Å²) in [7, 11) is 0. The van der Waals surface area contributed by atoms with Crippen molar-refractivity contribution in [3.8, 4) is 0 Å². The minimum Gasteiger partial charge on any atom is -0.241 e. The summed E-state index contributed by atoms with van der Waals surface area (Å²) >= 11 is 0. The van der Waals surface area contributed by atoms with Crippen LogP contribution in [-0.4, -0.2) is 9.97 Å². The highest BCUT2D eigenvalue weighted by Gasteiger charge is 1.96.